The number of hydrogen-bond acceptors (Lipinski definition) is 3. The second-order valence-electron chi connectivity index (χ2n) is 6.52. The highest BCUT2D eigenvalue weighted by molar-refractivity contribution is 5.62. The summed E-state index contributed by atoms with van der Waals surface area (Å²) in [5.41, 5.74) is 9.32. The van der Waals surface area contributed by atoms with E-state index in [1.165, 1.54) is 5.56 Å². The van der Waals surface area contributed by atoms with Crippen molar-refractivity contribution in [3.63, 3.8) is 0 Å². The van der Waals surface area contributed by atoms with Crippen LogP contribution in [0.5, 0.6) is 0 Å². The molecule has 0 aliphatic carbocycles. The number of anilines is 1. The summed E-state index contributed by atoms with van der Waals surface area (Å²) in [7, 11) is 0. The Balaban J connectivity index is 2.41. The highest BCUT2D eigenvalue weighted by Gasteiger charge is 2.14. The molecule has 2 aromatic rings. The minimum atomic E-state index is 0.159. The van der Waals surface area contributed by atoms with Crippen LogP contribution in [0.15, 0.2) is 30.3 Å². The third-order valence-corrected chi connectivity index (χ3v) is 3.33. The lowest BCUT2D eigenvalue weighted by atomic mass is 9.86. The molecule has 0 saturated heterocycles. The molecule has 106 valence electrons. The first kappa shape index (κ1) is 14.5. The van der Waals surface area contributed by atoms with E-state index in [9.17, 15) is 0 Å². The Labute approximate surface area is 121 Å². The summed E-state index contributed by atoms with van der Waals surface area (Å²) >= 11 is 0. The van der Waals surface area contributed by atoms with Crippen molar-refractivity contribution in [1.82, 2.24) is 9.97 Å². The molecule has 3 heteroatoms. The molecule has 0 radical (unpaired) electrons. The van der Waals surface area contributed by atoms with Gasteiger partial charge in [-0.1, -0.05) is 58.9 Å². The van der Waals surface area contributed by atoms with Gasteiger partial charge >= 0.3 is 0 Å². The van der Waals surface area contributed by atoms with Gasteiger partial charge in [-0.3, -0.25) is 0 Å². The number of nitrogen functional groups attached to an aromatic ring is 1. The molecule has 1 aromatic carbocycles. The molecule has 0 atom stereocenters. The molecule has 2 N–H and O–H groups in total. The first-order chi connectivity index (χ1) is 9.27. The maximum absolute atomic E-state index is 5.88. The van der Waals surface area contributed by atoms with Gasteiger partial charge in [-0.2, -0.15) is 0 Å². The number of nitrogens with zero attached hydrogens (tertiary/aromatic N) is 2. The van der Waals surface area contributed by atoms with Crippen LogP contribution < -0.4 is 5.73 Å². The van der Waals surface area contributed by atoms with Crippen LogP contribution in [0.1, 0.15) is 51.9 Å². The van der Waals surface area contributed by atoms with Crippen LogP contribution in [0.4, 0.5) is 5.82 Å². The van der Waals surface area contributed by atoms with Gasteiger partial charge < -0.3 is 5.73 Å². The van der Waals surface area contributed by atoms with Crippen molar-refractivity contribution in [2.45, 2.75) is 46.0 Å². The van der Waals surface area contributed by atoms with Gasteiger partial charge in [-0.05, 0) is 11.0 Å². The fraction of sp³-hybridized carbons (Fsp3) is 0.412. The summed E-state index contributed by atoms with van der Waals surface area (Å²) in [6.45, 7) is 10.8. The Morgan fingerprint density at radius 2 is 1.60 bits per heavy atom. The minimum Gasteiger partial charge on any atom is -0.384 e. The summed E-state index contributed by atoms with van der Waals surface area (Å²) in [4.78, 5) is 8.89. The summed E-state index contributed by atoms with van der Waals surface area (Å²) in [5, 5.41) is 0. The molecule has 3 nitrogen and oxygen atoms in total. The fourth-order valence-corrected chi connectivity index (χ4v) is 2.03. The number of nitrogens with two attached hydrogens (primary N) is 1. The van der Waals surface area contributed by atoms with Gasteiger partial charge in [0.2, 0.25) is 0 Å². The van der Waals surface area contributed by atoms with Crippen molar-refractivity contribution < 1.29 is 0 Å². The largest absolute Gasteiger partial charge is 0.384 e. The molecular weight excluding hydrogens is 246 g/mol. The SMILES string of the molecule is CC(C)c1nc(N)cc(-c2ccc(C(C)(C)C)cc2)n1. The van der Waals surface area contributed by atoms with Crippen LogP contribution in [0.3, 0.4) is 0 Å². The standard InChI is InChI=1S/C17H23N3/c1-11(2)16-19-14(10-15(18)20-16)12-6-8-13(9-7-12)17(3,4)5/h6-11H,1-5H3,(H2,18,19,20). The second kappa shape index (κ2) is 5.23. The minimum absolute atomic E-state index is 0.159. The second-order valence-corrected chi connectivity index (χ2v) is 6.52. The van der Waals surface area contributed by atoms with E-state index in [0.29, 0.717) is 5.82 Å². The molecule has 2 rings (SSSR count). The number of rotatable bonds is 2. The van der Waals surface area contributed by atoms with Gasteiger partial charge in [0.25, 0.3) is 0 Å². The molecule has 0 fully saturated rings. The molecule has 0 aliphatic rings. The molecule has 0 saturated carbocycles. The summed E-state index contributed by atoms with van der Waals surface area (Å²) < 4.78 is 0. The van der Waals surface area contributed by atoms with Crippen LogP contribution in [0.2, 0.25) is 0 Å². The molecule has 20 heavy (non-hydrogen) atoms. The Kier molecular flexibility index (Phi) is 3.80. The fourth-order valence-electron chi connectivity index (χ4n) is 2.03. The van der Waals surface area contributed by atoms with Crippen molar-refractivity contribution >= 4 is 5.82 Å². The number of aromatic nitrogens is 2. The number of hydrogen-bond donors (Lipinski definition) is 1. The third kappa shape index (κ3) is 3.16. The van der Waals surface area contributed by atoms with Gasteiger partial charge in [0.1, 0.15) is 11.6 Å². The lowest BCUT2D eigenvalue weighted by Crippen LogP contribution is -2.10. The van der Waals surface area contributed by atoms with E-state index in [4.69, 9.17) is 5.73 Å². The Hall–Kier alpha value is -1.90. The van der Waals surface area contributed by atoms with E-state index >= 15 is 0 Å². The zero-order valence-electron chi connectivity index (χ0n) is 12.9. The zero-order chi connectivity index (χ0) is 14.9. The van der Waals surface area contributed by atoms with E-state index in [0.717, 1.165) is 17.1 Å². The van der Waals surface area contributed by atoms with Crippen molar-refractivity contribution in [1.29, 1.82) is 0 Å². The maximum Gasteiger partial charge on any atom is 0.133 e. The Morgan fingerprint density at radius 1 is 1.00 bits per heavy atom. The molecule has 0 aliphatic heterocycles. The van der Waals surface area contributed by atoms with Crippen molar-refractivity contribution in [3.05, 3.63) is 41.7 Å². The van der Waals surface area contributed by atoms with Crippen molar-refractivity contribution in [2.24, 2.45) is 0 Å². The van der Waals surface area contributed by atoms with Gasteiger partial charge in [-0.15, -0.1) is 0 Å². The van der Waals surface area contributed by atoms with Gasteiger partial charge in [0.05, 0.1) is 5.69 Å². The van der Waals surface area contributed by atoms with E-state index < -0.39 is 0 Å². The average molecular weight is 269 g/mol. The third-order valence-electron chi connectivity index (χ3n) is 3.33. The molecule has 0 bridgehead atoms. The molecule has 0 spiro atoms. The maximum atomic E-state index is 5.88. The lowest BCUT2D eigenvalue weighted by Gasteiger charge is -2.19. The highest BCUT2D eigenvalue weighted by Crippen LogP contribution is 2.26. The van der Waals surface area contributed by atoms with Gasteiger partial charge in [0.15, 0.2) is 0 Å². The van der Waals surface area contributed by atoms with Crippen molar-refractivity contribution in [3.8, 4) is 11.3 Å². The normalized spacial score (nSPS) is 11.9. The predicted molar refractivity (Wildman–Crippen MR) is 84.7 cm³/mol. The van der Waals surface area contributed by atoms with Gasteiger partial charge in [0, 0.05) is 17.5 Å². The smallest absolute Gasteiger partial charge is 0.133 e. The lowest BCUT2D eigenvalue weighted by molar-refractivity contribution is 0.590. The monoisotopic (exact) mass is 269 g/mol. The van der Waals surface area contributed by atoms with E-state index in [2.05, 4.69) is 68.9 Å². The summed E-state index contributed by atoms with van der Waals surface area (Å²) in [5.74, 6) is 1.59. The molecule has 0 unspecified atom stereocenters. The Morgan fingerprint density at radius 3 is 2.10 bits per heavy atom. The van der Waals surface area contributed by atoms with Crippen LogP contribution in [-0.2, 0) is 5.41 Å². The zero-order valence-corrected chi connectivity index (χ0v) is 12.9. The first-order valence-electron chi connectivity index (χ1n) is 7.03. The molecular formula is C17H23N3. The van der Waals surface area contributed by atoms with E-state index in [-0.39, 0.29) is 11.3 Å². The average Bonchev–Trinajstić information content (AvgIpc) is 2.37. The van der Waals surface area contributed by atoms with Gasteiger partial charge in [-0.25, -0.2) is 9.97 Å². The summed E-state index contributed by atoms with van der Waals surface area (Å²) in [6.07, 6.45) is 0. The van der Waals surface area contributed by atoms with Crippen LogP contribution in [0, 0.1) is 0 Å². The van der Waals surface area contributed by atoms with Crippen LogP contribution >= 0.6 is 0 Å². The highest BCUT2D eigenvalue weighted by atomic mass is 14.9. The molecule has 0 amide bonds. The Bertz CT molecular complexity index is 593. The topological polar surface area (TPSA) is 51.8 Å². The molecule has 1 heterocycles. The van der Waals surface area contributed by atoms with Crippen LogP contribution in [0.25, 0.3) is 11.3 Å². The first-order valence-corrected chi connectivity index (χ1v) is 7.03. The quantitative estimate of drug-likeness (QED) is 0.891. The van der Waals surface area contributed by atoms with E-state index in [1.807, 2.05) is 6.07 Å². The molecule has 1 aromatic heterocycles. The number of benzene rings is 1. The summed E-state index contributed by atoms with van der Waals surface area (Å²) in [6, 6.07) is 10.3. The predicted octanol–water partition coefficient (Wildman–Crippen LogP) is 4.15. The van der Waals surface area contributed by atoms with Crippen LogP contribution in [-0.4, -0.2) is 9.97 Å². The van der Waals surface area contributed by atoms with E-state index in [1.54, 1.807) is 0 Å². The van der Waals surface area contributed by atoms with Crippen molar-refractivity contribution in [2.75, 3.05) is 5.73 Å².